The standard InChI is InChI=1S/C12H20BN3O3/c1-8-4-9(2)7-16(6-8)10-5-11(13(18)19)14-15(3)12(10)17/h5,8-9,18-19H,4,6-7H2,1-3H3/t8-,9+. The van der Waals surface area contributed by atoms with Crippen molar-refractivity contribution < 1.29 is 10.0 Å². The average Bonchev–Trinajstić information content (AvgIpc) is 2.30. The lowest BCUT2D eigenvalue weighted by Crippen LogP contribution is -2.45. The van der Waals surface area contributed by atoms with Crippen LogP contribution in [0.5, 0.6) is 0 Å². The van der Waals surface area contributed by atoms with Crippen molar-refractivity contribution in [2.75, 3.05) is 18.0 Å². The Bertz CT molecular complexity index is 507. The lowest BCUT2D eigenvalue weighted by atomic mass is 9.85. The van der Waals surface area contributed by atoms with Crippen molar-refractivity contribution in [1.82, 2.24) is 9.78 Å². The molecule has 0 spiro atoms. The Balaban J connectivity index is 2.40. The Morgan fingerprint density at radius 1 is 1.32 bits per heavy atom. The van der Waals surface area contributed by atoms with Crippen molar-refractivity contribution in [3.8, 4) is 0 Å². The minimum absolute atomic E-state index is 0.1000. The van der Waals surface area contributed by atoms with Crippen LogP contribution < -0.4 is 16.1 Å². The van der Waals surface area contributed by atoms with Gasteiger partial charge in [-0.25, -0.2) is 4.68 Å². The second-order valence-electron chi connectivity index (χ2n) is 5.61. The maximum Gasteiger partial charge on any atom is 0.510 e. The summed E-state index contributed by atoms with van der Waals surface area (Å²) in [6, 6.07) is 1.48. The molecule has 6 nitrogen and oxygen atoms in total. The van der Waals surface area contributed by atoms with E-state index in [1.807, 2.05) is 4.90 Å². The number of aromatic nitrogens is 2. The monoisotopic (exact) mass is 265 g/mol. The highest BCUT2D eigenvalue weighted by molar-refractivity contribution is 6.57. The zero-order chi connectivity index (χ0) is 14.2. The van der Waals surface area contributed by atoms with Crippen LogP contribution in [0.3, 0.4) is 0 Å². The van der Waals surface area contributed by atoms with E-state index in [1.54, 1.807) is 0 Å². The fourth-order valence-electron chi connectivity index (χ4n) is 2.83. The van der Waals surface area contributed by atoms with Crippen LogP contribution in [0.2, 0.25) is 0 Å². The fourth-order valence-corrected chi connectivity index (χ4v) is 2.83. The molecule has 19 heavy (non-hydrogen) atoms. The first kappa shape index (κ1) is 14.1. The summed E-state index contributed by atoms with van der Waals surface area (Å²) in [5.41, 5.74) is 0.396. The Labute approximate surface area is 112 Å². The Morgan fingerprint density at radius 2 is 1.89 bits per heavy atom. The molecule has 0 aromatic carbocycles. The average molecular weight is 265 g/mol. The van der Waals surface area contributed by atoms with Gasteiger partial charge in [-0.1, -0.05) is 13.8 Å². The largest absolute Gasteiger partial charge is 0.510 e. The summed E-state index contributed by atoms with van der Waals surface area (Å²) in [7, 11) is -0.140. The molecule has 0 radical (unpaired) electrons. The van der Waals surface area contributed by atoms with Gasteiger partial charge in [-0.3, -0.25) is 4.79 Å². The summed E-state index contributed by atoms with van der Waals surface area (Å²) in [5.74, 6) is 1.04. The number of nitrogens with zero attached hydrogens (tertiary/aromatic N) is 3. The minimum Gasteiger partial charge on any atom is -0.422 e. The topological polar surface area (TPSA) is 78.6 Å². The number of hydrogen-bond donors (Lipinski definition) is 2. The summed E-state index contributed by atoms with van der Waals surface area (Å²) in [6.45, 7) is 5.95. The van der Waals surface area contributed by atoms with E-state index in [4.69, 9.17) is 0 Å². The molecule has 104 valence electrons. The van der Waals surface area contributed by atoms with Gasteiger partial charge in [0.1, 0.15) is 5.69 Å². The summed E-state index contributed by atoms with van der Waals surface area (Å²) in [4.78, 5) is 14.2. The van der Waals surface area contributed by atoms with Gasteiger partial charge >= 0.3 is 7.12 Å². The Kier molecular flexibility index (Phi) is 3.96. The predicted octanol–water partition coefficient (Wildman–Crippen LogP) is -1.06. The molecule has 2 heterocycles. The van der Waals surface area contributed by atoms with Crippen LogP contribution in [0, 0.1) is 11.8 Å². The van der Waals surface area contributed by atoms with Gasteiger partial charge in [0.05, 0.1) is 5.59 Å². The zero-order valence-electron chi connectivity index (χ0n) is 11.6. The number of hydrogen-bond acceptors (Lipinski definition) is 5. The molecule has 2 N–H and O–H groups in total. The van der Waals surface area contributed by atoms with Gasteiger partial charge in [0.2, 0.25) is 0 Å². The molecule has 0 unspecified atom stereocenters. The maximum atomic E-state index is 12.2. The van der Waals surface area contributed by atoms with Crippen molar-refractivity contribution in [1.29, 1.82) is 0 Å². The number of anilines is 1. The third kappa shape index (κ3) is 2.98. The molecule has 1 aromatic heterocycles. The van der Waals surface area contributed by atoms with Crippen LogP contribution in [0.1, 0.15) is 20.3 Å². The Hall–Kier alpha value is -1.34. The fraction of sp³-hybridized carbons (Fsp3) is 0.667. The highest BCUT2D eigenvalue weighted by atomic mass is 16.4. The molecular formula is C12H20BN3O3. The van der Waals surface area contributed by atoms with Crippen LogP contribution in [0.15, 0.2) is 10.9 Å². The van der Waals surface area contributed by atoms with Crippen LogP contribution in [0.25, 0.3) is 0 Å². The first-order valence-electron chi connectivity index (χ1n) is 6.57. The van der Waals surface area contributed by atoms with E-state index >= 15 is 0 Å². The predicted molar refractivity (Wildman–Crippen MR) is 74.5 cm³/mol. The summed E-state index contributed by atoms with van der Waals surface area (Å²) < 4.78 is 1.16. The molecule has 2 atom stereocenters. The normalized spacial score (nSPS) is 23.5. The van der Waals surface area contributed by atoms with Crippen LogP contribution in [0.4, 0.5) is 5.69 Å². The van der Waals surface area contributed by atoms with Gasteiger partial charge in [0, 0.05) is 20.1 Å². The molecule has 1 aliphatic heterocycles. The van der Waals surface area contributed by atoms with Crippen molar-refractivity contribution in [3.63, 3.8) is 0 Å². The van der Waals surface area contributed by atoms with Crippen LogP contribution in [-0.2, 0) is 7.05 Å². The molecule has 0 amide bonds. The lowest BCUT2D eigenvalue weighted by Gasteiger charge is -2.36. The van der Waals surface area contributed by atoms with E-state index < -0.39 is 7.12 Å². The summed E-state index contributed by atoms with van der Waals surface area (Å²) >= 11 is 0. The maximum absolute atomic E-state index is 12.2. The molecule has 2 rings (SSSR count). The van der Waals surface area contributed by atoms with E-state index in [0.717, 1.165) is 24.2 Å². The highest BCUT2D eigenvalue weighted by Gasteiger charge is 2.26. The van der Waals surface area contributed by atoms with Crippen LogP contribution in [-0.4, -0.2) is 40.0 Å². The quantitative estimate of drug-likeness (QED) is 0.667. The van der Waals surface area contributed by atoms with E-state index in [2.05, 4.69) is 18.9 Å². The second-order valence-corrected chi connectivity index (χ2v) is 5.61. The molecule has 0 bridgehead atoms. The van der Waals surface area contributed by atoms with Gasteiger partial charge in [0.15, 0.2) is 0 Å². The zero-order valence-corrected chi connectivity index (χ0v) is 11.6. The van der Waals surface area contributed by atoms with Gasteiger partial charge in [-0.15, -0.1) is 0 Å². The SMILES string of the molecule is C[C@@H]1C[C@H](C)CN(c2cc(B(O)O)nn(C)c2=O)C1. The highest BCUT2D eigenvalue weighted by Crippen LogP contribution is 2.23. The lowest BCUT2D eigenvalue weighted by molar-refractivity contribution is 0.355. The van der Waals surface area contributed by atoms with Crippen molar-refractivity contribution in [3.05, 3.63) is 16.4 Å². The second kappa shape index (κ2) is 5.34. The van der Waals surface area contributed by atoms with Crippen molar-refractivity contribution >= 4 is 18.4 Å². The number of rotatable bonds is 2. The van der Waals surface area contributed by atoms with E-state index in [0.29, 0.717) is 17.5 Å². The molecular weight excluding hydrogens is 245 g/mol. The van der Waals surface area contributed by atoms with Gasteiger partial charge in [-0.05, 0) is 24.3 Å². The number of aryl methyl sites for hydroxylation is 1. The van der Waals surface area contributed by atoms with Crippen molar-refractivity contribution in [2.24, 2.45) is 18.9 Å². The number of piperidine rings is 1. The molecule has 0 saturated carbocycles. The summed E-state index contributed by atoms with van der Waals surface area (Å²) in [5, 5.41) is 22.3. The smallest absolute Gasteiger partial charge is 0.422 e. The van der Waals surface area contributed by atoms with E-state index in [1.165, 1.54) is 13.1 Å². The third-order valence-corrected chi connectivity index (χ3v) is 3.54. The molecule has 1 saturated heterocycles. The molecule has 1 aliphatic rings. The van der Waals surface area contributed by atoms with E-state index in [9.17, 15) is 14.8 Å². The molecule has 7 heteroatoms. The van der Waals surface area contributed by atoms with E-state index in [-0.39, 0.29) is 11.2 Å². The first-order chi connectivity index (χ1) is 8.88. The Morgan fingerprint density at radius 3 is 2.42 bits per heavy atom. The molecule has 1 aromatic rings. The molecule has 1 fully saturated rings. The first-order valence-corrected chi connectivity index (χ1v) is 6.57. The van der Waals surface area contributed by atoms with Gasteiger partial charge in [-0.2, -0.15) is 5.10 Å². The van der Waals surface area contributed by atoms with Gasteiger partial charge < -0.3 is 14.9 Å². The molecule has 0 aliphatic carbocycles. The van der Waals surface area contributed by atoms with Gasteiger partial charge in [0.25, 0.3) is 5.56 Å². The summed E-state index contributed by atoms with van der Waals surface area (Å²) in [6.07, 6.45) is 1.15. The minimum atomic E-state index is -1.66. The third-order valence-electron chi connectivity index (χ3n) is 3.54. The van der Waals surface area contributed by atoms with Crippen LogP contribution >= 0.6 is 0 Å². The van der Waals surface area contributed by atoms with Crippen molar-refractivity contribution in [2.45, 2.75) is 20.3 Å².